The fourth-order valence-electron chi connectivity index (χ4n) is 1.55. The molecular weight excluding hydrogens is 238 g/mol. The minimum Gasteiger partial charge on any atom is -0.487 e. The highest BCUT2D eigenvalue weighted by Crippen LogP contribution is 2.19. The van der Waals surface area contributed by atoms with Crippen LogP contribution < -0.4 is 10.1 Å². The molecule has 0 aliphatic rings. The lowest BCUT2D eigenvalue weighted by atomic mass is 10.1. The van der Waals surface area contributed by atoms with Crippen LogP contribution in [0.5, 0.6) is 5.75 Å². The highest BCUT2D eigenvalue weighted by atomic mass is 19.1. The highest BCUT2D eigenvalue weighted by Gasteiger charge is 2.26. The number of hydrogen-bond donors (Lipinski definition) is 1. The van der Waals surface area contributed by atoms with Crippen LogP contribution in [0.25, 0.3) is 0 Å². The summed E-state index contributed by atoms with van der Waals surface area (Å²) in [5.74, 6) is -1.43. The van der Waals surface area contributed by atoms with Gasteiger partial charge in [-0.05, 0) is 32.9 Å². The van der Waals surface area contributed by atoms with Crippen LogP contribution in [0.2, 0.25) is 0 Å². The zero-order chi connectivity index (χ0) is 13.8. The Hall–Kier alpha value is -1.67. The lowest BCUT2D eigenvalue weighted by Crippen LogP contribution is -2.49. The normalized spacial score (nSPS) is 14.1. The van der Waals surface area contributed by atoms with Crippen molar-refractivity contribution in [2.45, 2.75) is 32.4 Å². The number of nitrogens with one attached hydrogen (secondary N) is 1. The van der Waals surface area contributed by atoms with Gasteiger partial charge in [0, 0.05) is 12.1 Å². The van der Waals surface area contributed by atoms with Crippen LogP contribution in [0, 0.1) is 23.0 Å². The molecule has 18 heavy (non-hydrogen) atoms. The van der Waals surface area contributed by atoms with Crippen LogP contribution in [0.4, 0.5) is 8.78 Å². The Bertz CT molecular complexity index is 457. The Morgan fingerprint density at radius 1 is 1.44 bits per heavy atom. The van der Waals surface area contributed by atoms with E-state index in [1.807, 2.05) is 13.8 Å². The molecule has 5 heteroatoms. The second kappa shape index (κ2) is 5.78. The molecule has 0 amide bonds. The summed E-state index contributed by atoms with van der Waals surface area (Å²) >= 11 is 0. The Morgan fingerprint density at radius 3 is 2.67 bits per heavy atom. The monoisotopic (exact) mass is 254 g/mol. The molecule has 0 aromatic heterocycles. The number of halogens is 2. The van der Waals surface area contributed by atoms with Gasteiger partial charge in [-0.1, -0.05) is 0 Å². The van der Waals surface area contributed by atoms with E-state index in [0.29, 0.717) is 0 Å². The average Bonchev–Trinajstić information content (AvgIpc) is 2.29. The van der Waals surface area contributed by atoms with Gasteiger partial charge in [-0.2, -0.15) is 5.26 Å². The van der Waals surface area contributed by atoms with Gasteiger partial charge < -0.3 is 4.74 Å². The van der Waals surface area contributed by atoms with Crippen LogP contribution >= 0.6 is 0 Å². The van der Waals surface area contributed by atoms with Gasteiger partial charge in [0.2, 0.25) is 0 Å². The molecule has 0 spiro atoms. The maximum absolute atomic E-state index is 13.3. The molecular formula is C13H16F2N2O. The summed E-state index contributed by atoms with van der Waals surface area (Å²) in [4.78, 5) is 0. The van der Waals surface area contributed by atoms with E-state index in [9.17, 15) is 8.78 Å². The van der Waals surface area contributed by atoms with Gasteiger partial charge in [0.15, 0.2) is 11.6 Å². The molecule has 98 valence electrons. The van der Waals surface area contributed by atoms with Gasteiger partial charge in [-0.3, -0.25) is 5.32 Å². The minimum atomic E-state index is -0.951. The van der Waals surface area contributed by atoms with Gasteiger partial charge in [0.25, 0.3) is 0 Å². The van der Waals surface area contributed by atoms with Crippen molar-refractivity contribution in [3.63, 3.8) is 0 Å². The van der Waals surface area contributed by atoms with Gasteiger partial charge in [0.1, 0.15) is 18.0 Å². The first-order chi connectivity index (χ1) is 8.36. The molecule has 1 unspecified atom stereocenters. The number of hydrogen-bond acceptors (Lipinski definition) is 3. The molecule has 0 radical (unpaired) electrons. The number of nitriles is 1. The molecule has 0 aliphatic heterocycles. The first kappa shape index (κ1) is 14.4. The first-order valence-electron chi connectivity index (χ1n) is 5.63. The third kappa shape index (κ3) is 3.97. The van der Waals surface area contributed by atoms with Crippen LogP contribution in [-0.4, -0.2) is 18.2 Å². The summed E-state index contributed by atoms with van der Waals surface area (Å²) < 4.78 is 31.4. The third-order valence-corrected chi connectivity index (χ3v) is 2.26. The number of nitrogens with zero attached hydrogens (tertiary/aromatic N) is 1. The van der Waals surface area contributed by atoms with Crippen molar-refractivity contribution < 1.29 is 13.5 Å². The maximum Gasteiger partial charge on any atom is 0.165 e. The molecule has 0 heterocycles. The smallest absolute Gasteiger partial charge is 0.165 e. The van der Waals surface area contributed by atoms with Crippen LogP contribution in [0.3, 0.4) is 0 Å². The molecule has 1 aromatic carbocycles. The van der Waals surface area contributed by atoms with Crippen molar-refractivity contribution in [1.82, 2.24) is 5.32 Å². The predicted octanol–water partition coefficient (Wildman–Crippen LogP) is 2.62. The van der Waals surface area contributed by atoms with Gasteiger partial charge in [-0.15, -0.1) is 0 Å². The van der Waals surface area contributed by atoms with E-state index in [2.05, 4.69) is 11.4 Å². The summed E-state index contributed by atoms with van der Waals surface area (Å²) in [7, 11) is 0. The Kier molecular flexibility index (Phi) is 4.62. The second-order valence-electron chi connectivity index (χ2n) is 4.61. The highest BCUT2D eigenvalue weighted by molar-refractivity contribution is 5.25. The molecule has 1 rings (SSSR count). The molecule has 0 saturated heterocycles. The van der Waals surface area contributed by atoms with Crippen molar-refractivity contribution in [2.75, 3.05) is 6.61 Å². The standard InChI is InChI=1S/C13H16F2N2O/c1-9(2)17-13(3,7-16)8-18-12-6-10(14)4-5-11(12)15/h4-6,9,17H,8H2,1-3H3. The third-order valence-electron chi connectivity index (χ3n) is 2.26. The van der Waals surface area contributed by atoms with E-state index in [1.165, 1.54) is 0 Å². The zero-order valence-electron chi connectivity index (χ0n) is 10.6. The number of ether oxygens (including phenoxy) is 1. The molecule has 0 bridgehead atoms. The van der Waals surface area contributed by atoms with E-state index in [4.69, 9.17) is 10.00 Å². The molecule has 3 nitrogen and oxygen atoms in total. The SMILES string of the molecule is CC(C)NC(C)(C#N)COc1cc(F)ccc1F. The van der Waals surface area contributed by atoms with Crippen LogP contribution in [-0.2, 0) is 0 Å². The Balaban J connectivity index is 2.74. The molecule has 0 fully saturated rings. The second-order valence-corrected chi connectivity index (χ2v) is 4.61. The summed E-state index contributed by atoms with van der Waals surface area (Å²) in [6, 6.07) is 5.10. The number of benzene rings is 1. The topological polar surface area (TPSA) is 45.0 Å². The number of rotatable bonds is 5. The van der Waals surface area contributed by atoms with Crippen molar-refractivity contribution in [1.29, 1.82) is 5.26 Å². The molecule has 1 aromatic rings. The van der Waals surface area contributed by atoms with E-state index in [-0.39, 0.29) is 18.4 Å². The lowest BCUT2D eigenvalue weighted by molar-refractivity contribution is 0.216. The van der Waals surface area contributed by atoms with Crippen molar-refractivity contribution >= 4 is 0 Å². The average molecular weight is 254 g/mol. The van der Waals surface area contributed by atoms with E-state index >= 15 is 0 Å². The largest absolute Gasteiger partial charge is 0.487 e. The molecule has 0 saturated carbocycles. The van der Waals surface area contributed by atoms with Crippen molar-refractivity contribution in [2.24, 2.45) is 0 Å². The maximum atomic E-state index is 13.3. The van der Waals surface area contributed by atoms with Gasteiger partial charge in [0.05, 0.1) is 6.07 Å². The van der Waals surface area contributed by atoms with Crippen LogP contribution in [0.15, 0.2) is 18.2 Å². The molecule has 0 aliphatic carbocycles. The van der Waals surface area contributed by atoms with E-state index < -0.39 is 17.2 Å². The fourth-order valence-corrected chi connectivity index (χ4v) is 1.55. The van der Waals surface area contributed by atoms with Gasteiger partial charge in [-0.25, -0.2) is 8.78 Å². The van der Waals surface area contributed by atoms with Crippen molar-refractivity contribution in [3.8, 4) is 11.8 Å². The minimum absolute atomic E-state index is 0.0674. The van der Waals surface area contributed by atoms with Crippen molar-refractivity contribution in [3.05, 3.63) is 29.8 Å². The summed E-state index contributed by atoms with van der Waals surface area (Å²) in [5, 5.41) is 12.1. The summed E-state index contributed by atoms with van der Waals surface area (Å²) in [5.41, 5.74) is -0.951. The van der Waals surface area contributed by atoms with Gasteiger partial charge >= 0.3 is 0 Å². The lowest BCUT2D eigenvalue weighted by Gasteiger charge is -2.25. The quantitative estimate of drug-likeness (QED) is 0.878. The molecule has 1 atom stereocenters. The first-order valence-corrected chi connectivity index (χ1v) is 5.63. The Labute approximate surface area is 105 Å². The predicted molar refractivity (Wildman–Crippen MR) is 64.1 cm³/mol. The Morgan fingerprint density at radius 2 is 2.11 bits per heavy atom. The van der Waals surface area contributed by atoms with Crippen LogP contribution in [0.1, 0.15) is 20.8 Å². The summed E-state index contributed by atoms with van der Waals surface area (Å²) in [6.45, 7) is 5.35. The zero-order valence-corrected chi connectivity index (χ0v) is 10.6. The summed E-state index contributed by atoms with van der Waals surface area (Å²) in [6.07, 6.45) is 0. The van der Waals surface area contributed by atoms with E-state index in [0.717, 1.165) is 18.2 Å². The molecule has 1 N–H and O–H groups in total. The van der Waals surface area contributed by atoms with E-state index in [1.54, 1.807) is 6.92 Å². The fraction of sp³-hybridized carbons (Fsp3) is 0.462.